The molecule has 7 nitrogen and oxygen atoms in total. The van der Waals surface area contributed by atoms with E-state index in [0.717, 1.165) is 32.5 Å². The predicted octanol–water partition coefficient (Wildman–Crippen LogP) is 1.07. The van der Waals surface area contributed by atoms with E-state index in [1.165, 1.54) is 12.8 Å². The summed E-state index contributed by atoms with van der Waals surface area (Å²) in [6.45, 7) is 5.76. The average molecular weight is 353 g/mol. The normalized spacial score (nSPS) is 24.2. The van der Waals surface area contributed by atoms with Crippen LogP contribution in [0.5, 0.6) is 11.8 Å². The zero-order valence-electron chi connectivity index (χ0n) is 13.9. The molecule has 3 heterocycles. The van der Waals surface area contributed by atoms with Crippen LogP contribution in [0.1, 0.15) is 31.2 Å². The Balaban J connectivity index is 1.55. The summed E-state index contributed by atoms with van der Waals surface area (Å²) in [7, 11) is -3.58. The van der Waals surface area contributed by atoms with Crippen molar-refractivity contribution in [1.29, 1.82) is 0 Å². The Hall–Kier alpha value is -1.38. The Kier molecular flexibility index (Phi) is 3.93. The summed E-state index contributed by atoms with van der Waals surface area (Å²) in [5.41, 5.74) is 0.281. The molecule has 1 aromatic heterocycles. The minimum absolute atomic E-state index is 0.107. The molecule has 0 radical (unpaired) electrons. The van der Waals surface area contributed by atoms with Gasteiger partial charge >= 0.3 is 0 Å². The first-order valence-electron chi connectivity index (χ1n) is 8.53. The minimum atomic E-state index is -3.58. The molecule has 24 heavy (non-hydrogen) atoms. The van der Waals surface area contributed by atoms with E-state index in [2.05, 4.69) is 14.6 Å². The highest BCUT2D eigenvalue weighted by molar-refractivity contribution is 7.89. The second kappa shape index (κ2) is 5.86. The Bertz CT molecular complexity index is 740. The number of likely N-dealkylation sites (tertiary alicyclic amines) is 1. The molecule has 2 fully saturated rings. The highest BCUT2D eigenvalue weighted by Gasteiger charge is 2.49. The summed E-state index contributed by atoms with van der Waals surface area (Å²) < 4.78 is 39.1. The smallest absolute Gasteiger partial charge is 0.246 e. The van der Waals surface area contributed by atoms with Crippen molar-refractivity contribution in [3.05, 3.63) is 11.6 Å². The van der Waals surface area contributed by atoms with Crippen molar-refractivity contribution in [3.63, 3.8) is 0 Å². The van der Waals surface area contributed by atoms with Crippen LogP contribution >= 0.6 is 0 Å². The summed E-state index contributed by atoms with van der Waals surface area (Å²) in [5.74, 6) is 0.625. The van der Waals surface area contributed by atoms with E-state index < -0.39 is 15.6 Å². The molecule has 2 aliphatic heterocycles. The van der Waals surface area contributed by atoms with Crippen LogP contribution in [0.25, 0.3) is 0 Å². The van der Waals surface area contributed by atoms with E-state index in [1.807, 2.05) is 6.92 Å². The molecule has 0 atom stereocenters. The SMILES string of the molecule is Cc1cc2c(nc1OCCN1CCCC1)OC1(CC1)CNS2(=O)=O. The fourth-order valence-electron chi connectivity index (χ4n) is 3.21. The number of ether oxygens (including phenoxy) is 2. The molecule has 4 rings (SSSR count). The van der Waals surface area contributed by atoms with Gasteiger partial charge in [-0.3, -0.25) is 4.90 Å². The van der Waals surface area contributed by atoms with Gasteiger partial charge in [-0.25, -0.2) is 13.1 Å². The summed E-state index contributed by atoms with van der Waals surface area (Å²) in [5, 5.41) is 0. The third kappa shape index (κ3) is 3.10. The lowest BCUT2D eigenvalue weighted by molar-refractivity contribution is 0.169. The first-order chi connectivity index (χ1) is 11.5. The molecule has 0 aromatic carbocycles. The van der Waals surface area contributed by atoms with Crippen LogP contribution in [-0.2, 0) is 10.0 Å². The monoisotopic (exact) mass is 353 g/mol. The topological polar surface area (TPSA) is 80.8 Å². The Morgan fingerprint density at radius 2 is 2.12 bits per heavy atom. The summed E-state index contributed by atoms with van der Waals surface area (Å²) in [4.78, 5) is 6.86. The van der Waals surface area contributed by atoms with E-state index in [9.17, 15) is 8.42 Å². The molecule has 132 valence electrons. The van der Waals surface area contributed by atoms with Gasteiger partial charge in [0.05, 0.1) is 6.54 Å². The first kappa shape index (κ1) is 16.1. The highest BCUT2D eigenvalue weighted by atomic mass is 32.2. The van der Waals surface area contributed by atoms with E-state index in [0.29, 0.717) is 24.6 Å². The number of aryl methyl sites for hydroxylation is 1. The molecule has 3 aliphatic rings. The number of hydrogen-bond acceptors (Lipinski definition) is 6. The summed E-state index contributed by atoms with van der Waals surface area (Å²) >= 11 is 0. The molecular formula is C16H23N3O4S. The van der Waals surface area contributed by atoms with Crippen LogP contribution in [0.4, 0.5) is 0 Å². The van der Waals surface area contributed by atoms with E-state index >= 15 is 0 Å². The zero-order valence-corrected chi connectivity index (χ0v) is 14.7. The van der Waals surface area contributed by atoms with Crippen molar-refractivity contribution in [2.45, 2.75) is 43.1 Å². The number of rotatable bonds is 4. The first-order valence-corrected chi connectivity index (χ1v) is 10.0. The van der Waals surface area contributed by atoms with Gasteiger partial charge in [0, 0.05) is 12.1 Å². The molecule has 0 bridgehead atoms. The van der Waals surface area contributed by atoms with E-state index in [-0.39, 0.29) is 10.8 Å². The average Bonchev–Trinajstić information content (AvgIpc) is 3.13. The number of aromatic nitrogens is 1. The molecule has 1 aliphatic carbocycles. The fraction of sp³-hybridized carbons (Fsp3) is 0.688. The number of hydrogen-bond donors (Lipinski definition) is 1. The van der Waals surface area contributed by atoms with Gasteiger partial charge in [-0.1, -0.05) is 0 Å². The van der Waals surface area contributed by atoms with Gasteiger partial charge in [-0.05, 0) is 51.8 Å². The molecular weight excluding hydrogens is 330 g/mol. The molecule has 8 heteroatoms. The standard InChI is InChI=1S/C16H23N3O4S/c1-12-10-13-15(23-16(4-5-16)11-17-24(13,20)21)18-14(12)22-9-8-19-6-2-3-7-19/h10,17H,2-9,11H2,1H3. The van der Waals surface area contributed by atoms with Gasteiger partial charge in [0.15, 0.2) is 0 Å². The van der Waals surface area contributed by atoms with Crippen LogP contribution in [0.2, 0.25) is 0 Å². The lowest BCUT2D eigenvalue weighted by Gasteiger charge is -2.17. The number of sulfonamides is 1. The number of pyridine rings is 1. The maximum atomic E-state index is 12.4. The highest BCUT2D eigenvalue weighted by Crippen LogP contribution is 2.43. The number of fused-ring (bicyclic) bond motifs is 1. The molecule has 1 saturated carbocycles. The Morgan fingerprint density at radius 3 is 2.83 bits per heavy atom. The van der Waals surface area contributed by atoms with E-state index in [4.69, 9.17) is 9.47 Å². The molecule has 0 amide bonds. The van der Waals surface area contributed by atoms with Gasteiger partial charge < -0.3 is 9.47 Å². The third-order valence-corrected chi connectivity index (χ3v) is 6.33. The second-order valence-electron chi connectivity index (χ2n) is 6.92. The van der Waals surface area contributed by atoms with Crippen molar-refractivity contribution in [2.24, 2.45) is 0 Å². The molecule has 1 N–H and O–H groups in total. The molecule has 1 spiro atoms. The van der Waals surface area contributed by atoms with Gasteiger partial charge in [0.25, 0.3) is 0 Å². The number of nitrogens with zero attached hydrogens (tertiary/aromatic N) is 2. The van der Waals surface area contributed by atoms with Crippen LogP contribution in [0, 0.1) is 6.92 Å². The zero-order chi connectivity index (χ0) is 16.8. The quantitative estimate of drug-likeness (QED) is 0.872. The van der Waals surface area contributed by atoms with Crippen molar-refractivity contribution >= 4 is 10.0 Å². The summed E-state index contributed by atoms with van der Waals surface area (Å²) in [6.07, 6.45) is 4.18. The Morgan fingerprint density at radius 1 is 1.38 bits per heavy atom. The molecule has 1 aromatic rings. The minimum Gasteiger partial charge on any atom is -0.476 e. The summed E-state index contributed by atoms with van der Waals surface area (Å²) in [6, 6.07) is 1.59. The maximum Gasteiger partial charge on any atom is 0.246 e. The molecule has 0 unspecified atom stereocenters. The lowest BCUT2D eigenvalue weighted by atomic mass is 10.3. The van der Waals surface area contributed by atoms with Crippen molar-refractivity contribution in [1.82, 2.24) is 14.6 Å². The van der Waals surface area contributed by atoms with Crippen LogP contribution in [0.3, 0.4) is 0 Å². The lowest BCUT2D eigenvalue weighted by Crippen LogP contribution is -2.33. The van der Waals surface area contributed by atoms with Crippen LogP contribution in [0.15, 0.2) is 11.0 Å². The van der Waals surface area contributed by atoms with Crippen molar-refractivity contribution in [2.75, 3.05) is 32.8 Å². The Labute approximate surface area is 142 Å². The van der Waals surface area contributed by atoms with Crippen LogP contribution in [-0.4, -0.2) is 56.7 Å². The van der Waals surface area contributed by atoms with Gasteiger partial charge in [-0.15, -0.1) is 0 Å². The largest absolute Gasteiger partial charge is 0.476 e. The van der Waals surface area contributed by atoms with Gasteiger partial charge in [0.1, 0.15) is 17.1 Å². The van der Waals surface area contributed by atoms with Gasteiger partial charge in [0.2, 0.25) is 21.8 Å². The second-order valence-corrected chi connectivity index (χ2v) is 8.66. The number of nitrogens with one attached hydrogen (secondary N) is 1. The fourth-order valence-corrected chi connectivity index (χ4v) is 4.47. The predicted molar refractivity (Wildman–Crippen MR) is 87.9 cm³/mol. The maximum absolute atomic E-state index is 12.4. The van der Waals surface area contributed by atoms with Crippen molar-refractivity contribution < 1.29 is 17.9 Å². The molecule has 1 saturated heterocycles. The van der Waals surface area contributed by atoms with Gasteiger partial charge in [-0.2, -0.15) is 4.98 Å². The van der Waals surface area contributed by atoms with E-state index in [1.54, 1.807) is 6.07 Å². The van der Waals surface area contributed by atoms with Crippen LogP contribution < -0.4 is 14.2 Å². The van der Waals surface area contributed by atoms with Crippen molar-refractivity contribution in [3.8, 4) is 11.8 Å². The third-order valence-electron chi connectivity index (χ3n) is 4.94.